The minimum atomic E-state index is 0. The van der Waals surface area contributed by atoms with Gasteiger partial charge in [0.05, 0.1) is 0 Å². The van der Waals surface area contributed by atoms with E-state index in [2.05, 4.69) is 0 Å². The van der Waals surface area contributed by atoms with Crippen LogP contribution in [0.3, 0.4) is 0 Å². The molecule has 29 valence electrons. The van der Waals surface area contributed by atoms with Gasteiger partial charge in [-0.2, -0.15) is 0 Å². The van der Waals surface area contributed by atoms with Gasteiger partial charge in [-0.1, -0.05) is 0 Å². The van der Waals surface area contributed by atoms with E-state index in [9.17, 15) is 0 Å². The first-order valence-corrected chi connectivity index (χ1v) is 0. The monoisotopic (exact) mass is 271 g/mol. The van der Waals surface area contributed by atoms with Crippen LogP contribution in [0.15, 0.2) is 0 Å². The van der Waals surface area contributed by atoms with Gasteiger partial charge in [0.1, 0.15) is 0 Å². The zero-order valence-electron chi connectivity index (χ0n) is 1.75. The molecule has 0 atom stereocenters. The van der Waals surface area contributed by atoms with E-state index < -0.39 is 0 Å². The molecule has 0 aromatic heterocycles. The Hall–Kier alpha value is 2.17. The third kappa shape index (κ3) is 8.90. The fraction of sp³-hybridized carbons (Fsp3) is 0. The molecule has 1 nitrogen and oxygen atoms in total. The van der Waals surface area contributed by atoms with Crippen molar-refractivity contribution >= 4 is 0 Å². The van der Waals surface area contributed by atoms with Crippen molar-refractivity contribution < 1.29 is 74.6 Å². The first-order valence-electron chi connectivity index (χ1n) is 0. The van der Waals surface area contributed by atoms with Crippen LogP contribution in [0.5, 0.6) is 0 Å². The van der Waals surface area contributed by atoms with Crippen LogP contribution in [-0.4, -0.2) is 5.48 Å². The van der Waals surface area contributed by atoms with E-state index in [4.69, 9.17) is 0 Å². The first kappa shape index (κ1) is 35.1. The van der Waals surface area contributed by atoms with Gasteiger partial charge in [0.15, 0.2) is 0 Å². The van der Waals surface area contributed by atoms with Crippen molar-refractivity contribution in [3.05, 3.63) is 0 Å². The molecule has 0 saturated heterocycles. The number of rotatable bonds is 0. The second kappa shape index (κ2) is 19.1. The average Bonchev–Trinajstić information content (AvgIpc) is 0. The molecule has 2 N–H and O–H groups in total. The maximum absolute atomic E-state index is 0. The summed E-state index contributed by atoms with van der Waals surface area (Å²) < 4.78 is 0. The summed E-state index contributed by atoms with van der Waals surface area (Å²) in [6.07, 6.45) is 0. The van der Waals surface area contributed by atoms with Crippen LogP contribution in [0.1, 0.15) is 0 Å². The number of hydrogen-bond donors (Lipinski definition) is 0. The zero-order valence-corrected chi connectivity index (χ0v) is 7.46. The van der Waals surface area contributed by atoms with Crippen molar-refractivity contribution in [1.29, 1.82) is 0 Å². The molecule has 0 unspecified atom stereocenters. The molecule has 0 amide bonds. The van der Waals surface area contributed by atoms with Crippen LogP contribution in [0.25, 0.3) is 0 Å². The fourth-order valence-corrected chi connectivity index (χ4v) is 0. The van der Waals surface area contributed by atoms with E-state index in [1.54, 1.807) is 0 Å². The quantitative estimate of drug-likeness (QED) is 0.515. The van der Waals surface area contributed by atoms with Crippen molar-refractivity contribution in [3.8, 4) is 0 Å². The van der Waals surface area contributed by atoms with Crippen LogP contribution in [-0.2, 0) is 33.6 Å². The molecule has 0 aromatic rings. The molecule has 0 aliphatic rings. The molecule has 0 saturated carbocycles. The average molecular weight is 271 g/mol. The summed E-state index contributed by atoms with van der Waals surface area (Å²) in [4.78, 5) is 0. The summed E-state index contributed by atoms with van der Waals surface area (Å²) in [7, 11) is 0. The van der Waals surface area contributed by atoms with E-state index in [0.717, 1.165) is 0 Å². The maximum atomic E-state index is 0. The Morgan fingerprint density at radius 1 is 1.00 bits per heavy atom. The van der Waals surface area contributed by atoms with E-state index in [0.29, 0.717) is 0 Å². The van der Waals surface area contributed by atoms with Crippen molar-refractivity contribution in [2.24, 2.45) is 0 Å². The van der Waals surface area contributed by atoms with Crippen LogP contribution in [0.2, 0.25) is 0 Å². The molecule has 1 radical (unpaired) electrons. The SMILES string of the molecule is O.[Fe].[La].[Ni]. The summed E-state index contributed by atoms with van der Waals surface area (Å²) in [5, 5.41) is 0. The predicted molar refractivity (Wildman–Crippen MR) is 3.61 cm³/mol. The number of hydrogen-bond acceptors (Lipinski definition) is 0. The predicted octanol–water partition coefficient (Wildman–Crippen LogP) is -0.830. The Balaban J connectivity index is 0. The largest absolute Gasteiger partial charge is 0.412 e. The Morgan fingerprint density at radius 3 is 1.00 bits per heavy atom. The Bertz CT molecular complexity index is 8.00. The second-order valence-corrected chi connectivity index (χ2v) is 0. The van der Waals surface area contributed by atoms with Gasteiger partial charge in [-0.25, -0.2) is 0 Å². The van der Waals surface area contributed by atoms with Gasteiger partial charge in [-0.05, 0) is 0 Å². The minimum absolute atomic E-state index is 0. The van der Waals surface area contributed by atoms with Crippen molar-refractivity contribution in [3.63, 3.8) is 0 Å². The first-order chi connectivity index (χ1) is 0. The van der Waals surface area contributed by atoms with Gasteiger partial charge in [0.25, 0.3) is 0 Å². The van der Waals surface area contributed by atoms with Gasteiger partial charge in [-0.15, -0.1) is 0 Å². The standard InChI is InChI=1S/Fe.La.Ni.H2O/h;;;1H2. The van der Waals surface area contributed by atoms with Crippen LogP contribution >= 0.6 is 0 Å². The van der Waals surface area contributed by atoms with Gasteiger partial charge in [-0.3, -0.25) is 0 Å². The molecule has 4 heavy (non-hydrogen) atoms. The van der Waals surface area contributed by atoms with Crippen molar-refractivity contribution in [1.82, 2.24) is 0 Å². The topological polar surface area (TPSA) is 31.5 Å². The molecule has 0 spiro atoms. The van der Waals surface area contributed by atoms with Gasteiger partial charge in [0, 0.05) is 69.2 Å². The summed E-state index contributed by atoms with van der Waals surface area (Å²) in [5.74, 6) is 0. The van der Waals surface area contributed by atoms with Crippen LogP contribution < -0.4 is 0 Å². The van der Waals surface area contributed by atoms with Gasteiger partial charge < -0.3 is 5.48 Å². The maximum Gasteiger partial charge on any atom is 0 e. The minimum Gasteiger partial charge on any atom is -0.412 e. The summed E-state index contributed by atoms with van der Waals surface area (Å²) in [5.41, 5.74) is 0. The zero-order chi connectivity index (χ0) is 0. The molecule has 0 bridgehead atoms. The molecule has 4 heteroatoms. The molecule has 0 aliphatic heterocycles. The third-order valence-corrected chi connectivity index (χ3v) is 0. The summed E-state index contributed by atoms with van der Waals surface area (Å²) in [6, 6.07) is 0. The Morgan fingerprint density at radius 2 is 1.00 bits per heavy atom. The normalized spacial score (nSPS) is 0. The molecule has 0 aliphatic carbocycles. The third-order valence-electron chi connectivity index (χ3n) is 0. The van der Waals surface area contributed by atoms with Crippen molar-refractivity contribution in [2.75, 3.05) is 0 Å². The molecular weight excluding hydrogens is 269 g/mol. The Labute approximate surface area is 73.6 Å². The molecule has 0 heterocycles. The second-order valence-electron chi connectivity index (χ2n) is 0. The van der Waals surface area contributed by atoms with Crippen LogP contribution in [0, 0.1) is 35.6 Å². The molecule has 0 fully saturated rings. The van der Waals surface area contributed by atoms with E-state index >= 15 is 0 Å². The summed E-state index contributed by atoms with van der Waals surface area (Å²) >= 11 is 0. The molecule has 0 rings (SSSR count). The van der Waals surface area contributed by atoms with Gasteiger partial charge >= 0.3 is 0 Å². The van der Waals surface area contributed by atoms with E-state index in [1.807, 2.05) is 0 Å². The molecular formula is H2FeLaNiO. The van der Waals surface area contributed by atoms with E-state index in [1.165, 1.54) is 0 Å². The smallest absolute Gasteiger partial charge is 0 e. The van der Waals surface area contributed by atoms with Crippen molar-refractivity contribution in [2.45, 2.75) is 0 Å². The molecule has 0 aromatic carbocycles. The van der Waals surface area contributed by atoms with E-state index in [-0.39, 0.29) is 74.6 Å². The fourth-order valence-electron chi connectivity index (χ4n) is 0. The summed E-state index contributed by atoms with van der Waals surface area (Å²) in [6.45, 7) is 0. The Kier molecular flexibility index (Phi) is 167. The van der Waals surface area contributed by atoms with Crippen LogP contribution in [0.4, 0.5) is 0 Å². The van der Waals surface area contributed by atoms with Gasteiger partial charge in [0.2, 0.25) is 0 Å².